The molecule has 0 amide bonds. The van der Waals surface area contributed by atoms with E-state index in [1.54, 1.807) is 13.2 Å². The van der Waals surface area contributed by atoms with E-state index in [2.05, 4.69) is 4.98 Å². The van der Waals surface area contributed by atoms with Crippen LogP contribution in [0.1, 0.15) is 6.42 Å². The standard InChI is InChI=1S/C10H14FN3O/c1-15-8-2-3-14(6-8)10-5-7(12)4-9(11)13-10/h4-5,8H,2-3,6H2,1H3,(H2,12,13)/t8-/m0/s1. The lowest BCUT2D eigenvalue weighted by Gasteiger charge is -2.17. The van der Waals surface area contributed by atoms with Crippen LogP contribution in [0.3, 0.4) is 0 Å². The largest absolute Gasteiger partial charge is 0.398 e. The predicted molar refractivity (Wildman–Crippen MR) is 56.2 cm³/mol. The summed E-state index contributed by atoms with van der Waals surface area (Å²) in [6, 6.07) is 2.90. The van der Waals surface area contributed by atoms with Gasteiger partial charge in [-0.25, -0.2) is 4.98 Å². The number of anilines is 2. The van der Waals surface area contributed by atoms with E-state index < -0.39 is 5.95 Å². The minimum absolute atomic E-state index is 0.205. The molecule has 0 bridgehead atoms. The molecule has 15 heavy (non-hydrogen) atoms. The predicted octanol–water partition coefficient (Wildman–Crippen LogP) is 1.03. The third-order valence-corrected chi connectivity index (χ3v) is 2.61. The van der Waals surface area contributed by atoms with Gasteiger partial charge < -0.3 is 15.4 Å². The van der Waals surface area contributed by atoms with Crippen molar-refractivity contribution >= 4 is 11.5 Å². The molecule has 0 aliphatic carbocycles. The normalized spacial score (nSPS) is 20.9. The van der Waals surface area contributed by atoms with E-state index in [-0.39, 0.29) is 6.10 Å². The first-order valence-electron chi connectivity index (χ1n) is 4.90. The lowest BCUT2D eigenvalue weighted by Crippen LogP contribution is -2.23. The van der Waals surface area contributed by atoms with Crippen LogP contribution in [0.2, 0.25) is 0 Å². The van der Waals surface area contributed by atoms with Crippen molar-refractivity contribution in [3.8, 4) is 0 Å². The van der Waals surface area contributed by atoms with Crippen molar-refractivity contribution in [2.75, 3.05) is 30.8 Å². The molecule has 2 heterocycles. The van der Waals surface area contributed by atoms with Gasteiger partial charge in [-0.2, -0.15) is 4.39 Å². The van der Waals surface area contributed by atoms with Gasteiger partial charge >= 0.3 is 0 Å². The second kappa shape index (κ2) is 4.02. The van der Waals surface area contributed by atoms with Gasteiger partial charge in [0.1, 0.15) is 5.82 Å². The molecule has 1 fully saturated rings. The van der Waals surface area contributed by atoms with Gasteiger partial charge in [0.05, 0.1) is 6.10 Å². The average Bonchev–Trinajstić information content (AvgIpc) is 2.64. The Balaban J connectivity index is 2.16. The number of nitrogens with zero attached hydrogens (tertiary/aromatic N) is 2. The number of nitrogen functional groups attached to an aromatic ring is 1. The Morgan fingerprint density at radius 3 is 3.00 bits per heavy atom. The van der Waals surface area contributed by atoms with Gasteiger partial charge in [-0.3, -0.25) is 0 Å². The maximum Gasteiger partial charge on any atom is 0.216 e. The molecule has 0 unspecified atom stereocenters. The van der Waals surface area contributed by atoms with Gasteiger partial charge in [0.2, 0.25) is 5.95 Å². The molecule has 2 N–H and O–H groups in total. The van der Waals surface area contributed by atoms with Crippen molar-refractivity contribution in [3.05, 3.63) is 18.1 Å². The van der Waals surface area contributed by atoms with Crippen molar-refractivity contribution in [2.45, 2.75) is 12.5 Å². The Morgan fingerprint density at radius 2 is 2.40 bits per heavy atom. The molecule has 2 rings (SSSR count). The Hall–Kier alpha value is -1.36. The molecule has 82 valence electrons. The zero-order valence-corrected chi connectivity index (χ0v) is 8.61. The number of ether oxygens (including phenoxy) is 1. The Labute approximate surface area is 87.8 Å². The van der Waals surface area contributed by atoms with E-state index in [9.17, 15) is 4.39 Å². The van der Waals surface area contributed by atoms with Gasteiger partial charge in [-0.05, 0) is 6.42 Å². The number of pyridine rings is 1. The fourth-order valence-electron chi connectivity index (χ4n) is 1.79. The summed E-state index contributed by atoms with van der Waals surface area (Å²) in [5, 5.41) is 0. The molecule has 1 aromatic heterocycles. The molecule has 0 saturated carbocycles. The minimum atomic E-state index is -0.536. The topological polar surface area (TPSA) is 51.4 Å². The maximum atomic E-state index is 13.0. The third-order valence-electron chi connectivity index (χ3n) is 2.61. The summed E-state index contributed by atoms with van der Waals surface area (Å²) >= 11 is 0. The van der Waals surface area contributed by atoms with Crippen LogP contribution in [-0.2, 0) is 4.74 Å². The highest BCUT2D eigenvalue weighted by Crippen LogP contribution is 2.21. The van der Waals surface area contributed by atoms with Gasteiger partial charge in [0.15, 0.2) is 0 Å². The first-order chi connectivity index (χ1) is 7.19. The number of aromatic nitrogens is 1. The number of nitrogens with two attached hydrogens (primary N) is 1. The summed E-state index contributed by atoms with van der Waals surface area (Å²) < 4.78 is 18.2. The number of methoxy groups -OCH3 is 1. The van der Waals surface area contributed by atoms with E-state index in [1.807, 2.05) is 4.90 Å². The summed E-state index contributed by atoms with van der Waals surface area (Å²) in [6.45, 7) is 1.57. The molecule has 1 aromatic rings. The SMILES string of the molecule is CO[C@H]1CCN(c2cc(N)cc(F)n2)C1. The van der Waals surface area contributed by atoms with E-state index in [4.69, 9.17) is 10.5 Å². The van der Waals surface area contributed by atoms with Crippen LogP contribution in [0.4, 0.5) is 15.9 Å². The summed E-state index contributed by atoms with van der Waals surface area (Å²) in [5.41, 5.74) is 5.96. The monoisotopic (exact) mass is 211 g/mol. The van der Waals surface area contributed by atoms with Crippen LogP contribution < -0.4 is 10.6 Å². The number of halogens is 1. The minimum Gasteiger partial charge on any atom is -0.398 e. The van der Waals surface area contributed by atoms with E-state index in [0.29, 0.717) is 11.5 Å². The Morgan fingerprint density at radius 1 is 1.60 bits per heavy atom. The van der Waals surface area contributed by atoms with Crippen molar-refractivity contribution in [3.63, 3.8) is 0 Å². The lowest BCUT2D eigenvalue weighted by atomic mass is 10.3. The van der Waals surface area contributed by atoms with Crippen molar-refractivity contribution in [1.82, 2.24) is 4.98 Å². The molecule has 1 saturated heterocycles. The van der Waals surface area contributed by atoms with Crippen molar-refractivity contribution in [1.29, 1.82) is 0 Å². The van der Waals surface area contributed by atoms with Crippen molar-refractivity contribution < 1.29 is 9.13 Å². The first kappa shape index (κ1) is 10.2. The van der Waals surface area contributed by atoms with Gasteiger partial charge in [0.25, 0.3) is 0 Å². The van der Waals surface area contributed by atoms with Crippen LogP contribution in [-0.4, -0.2) is 31.3 Å². The average molecular weight is 211 g/mol. The second-order valence-electron chi connectivity index (χ2n) is 3.67. The summed E-state index contributed by atoms with van der Waals surface area (Å²) in [7, 11) is 1.68. The molecule has 0 radical (unpaired) electrons. The van der Waals surface area contributed by atoms with Gasteiger partial charge in [-0.1, -0.05) is 0 Å². The molecule has 5 heteroatoms. The molecule has 1 atom stereocenters. The number of hydrogen-bond acceptors (Lipinski definition) is 4. The van der Waals surface area contributed by atoms with Crippen LogP contribution in [0.5, 0.6) is 0 Å². The Kier molecular flexibility index (Phi) is 2.73. The van der Waals surface area contributed by atoms with Gasteiger partial charge in [0, 0.05) is 38.0 Å². The molecular weight excluding hydrogens is 197 g/mol. The van der Waals surface area contributed by atoms with Crippen LogP contribution in [0.15, 0.2) is 12.1 Å². The highest BCUT2D eigenvalue weighted by molar-refractivity contribution is 5.51. The fraction of sp³-hybridized carbons (Fsp3) is 0.500. The fourth-order valence-corrected chi connectivity index (χ4v) is 1.79. The smallest absolute Gasteiger partial charge is 0.216 e. The second-order valence-corrected chi connectivity index (χ2v) is 3.67. The molecule has 0 aromatic carbocycles. The maximum absolute atomic E-state index is 13.0. The third kappa shape index (κ3) is 2.18. The zero-order chi connectivity index (χ0) is 10.8. The molecule has 0 spiro atoms. The van der Waals surface area contributed by atoms with Crippen molar-refractivity contribution in [2.24, 2.45) is 0 Å². The Bertz CT molecular complexity index is 338. The first-order valence-corrected chi connectivity index (χ1v) is 4.90. The summed E-state index contributed by atoms with van der Waals surface area (Å²) in [6.07, 6.45) is 1.14. The number of hydrogen-bond donors (Lipinski definition) is 1. The van der Waals surface area contributed by atoms with Gasteiger partial charge in [-0.15, -0.1) is 0 Å². The van der Waals surface area contributed by atoms with Crippen LogP contribution in [0, 0.1) is 5.95 Å². The van der Waals surface area contributed by atoms with E-state index in [1.165, 1.54) is 6.07 Å². The quantitative estimate of drug-likeness (QED) is 0.742. The molecule has 1 aliphatic heterocycles. The van der Waals surface area contributed by atoms with E-state index in [0.717, 1.165) is 19.5 Å². The molecular formula is C10H14FN3O. The molecule has 1 aliphatic rings. The van der Waals surface area contributed by atoms with Crippen LogP contribution in [0.25, 0.3) is 0 Å². The zero-order valence-electron chi connectivity index (χ0n) is 8.61. The van der Waals surface area contributed by atoms with Crippen LogP contribution >= 0.6 is 0 Å². The summed E-state index contributed by atoms with van der Waals surface area (Å²) in [5.74, 6) is 0.0536. The van der Waals surface area contributed by atoms with E-state index >= 15 is 0 Å². The summed E-state index contributed by atoms with van der Waals surface area (Å²) in [4.78, 5) is 5.79. The highest BCUT2D eigenvalue weighted by Gasteiger charge is 2.23. The molecule has 4 nitrogen and oxygen atoms in total. The number of rotatable bonds is 2. The lowest BCUT2D eigenvalue weighted by molar-refractivity contribution is 0.121. The highest BCUT2D eigenvalue weighted by atomic mass is 19.1.